The Morgan fingerprint density at radius 3 is 2.42 bits per heavy atom. The maximum Gasteiger partial charge on any atom is 0.254 e. The summed E-state index contributed by atoms with van der Waals surface area (Å²) >= 11 is 0. The number of rotatable bonds is 7. The van der Waals surface area contributed by atoms with Gasteiger partial charge >= 0.3 is 0 Å². The number of amides is 2. The minimum absolute atomic E-state index is 0.0744. The van der Waals surface area contributed by atoms with Gasteiger partial charge < -0.3 is 10.6 Å². The summed E-state index contributed by atoms with van der Waals surface area (Å²) in [6, 6.07) is 8.92. The first-order chi connectivity index (χ1) is 12.4. The number of hydrogen-bond donors (Lipinski definition) is 2. The molecule has 0 aliphatic heterocycles. The van der Waals surface area contributed by atoms with Crippen LogP contribution in [-0.2, 0) is 11.2 Å². The van der Waals surface area contributed by atoms with Gasteiger partial charge in [-0.25, -0.2) is 8.78 Å². The molecule has 26 heavy (non-hydrogen) atoms. The van der Waals surface area contributed by atoms with Gasteiger partial charge in [0, 0.05) is 25.6 Å². The molecule has 0 radical (unpaired) electrons. The van der Waals surface area contributed by atoms with Crippen molar-refractivity contribution in [3.63, 3.8) is 0 Å². The van der Waals surface area contributed by atoms with E-state index in [1.807, 2.05) is 26.0 Å². The molecular weight excluding hydrogens is 338 g/mol. The Balaban J connectivity index is 1.71. The van der Waals surface area contributed by atoms with E-state index in [0.29, 0.717) is 12.6 Å². The van der Waals surface area contributed by atoms with Crippen LogP contribution < -0.4 is 10.6 Å². The third-order valence-corrected chi connectivity index (χ3v) is 4.03. The molecule has 0 saturated heterocycles. The summed E-state index contributed by atoms with van der Waals surface area (Å²) in [5, 5.41) is 5.24. The van der Waals surface area contributed by atoms with Gasteiger partial charge in [-0.15, -0.1) is 0 Å². The number of halogens is 2. The fourth-order valence-electron chi connectivity index (χ4n) is 2.61. The van der Waals surface area contributed by atoms with Crippen molar-refractivity contribution in [3.05, 3.63) is 70.3 Å². The summed E-state index contributed by atoms with van der Waals surface area (Å²) in [4.78, 5) is 23.6. The fraction of sp³-hybridized carbons (Fsp3) is 0.300. The molecule has 138 valence electrons. The molecular formula is C20H22F2N2O2. The lowest BCUT2D eigenvalue weighted by atomic mass is 10.0. The summed E-state index contributed by atoms with van der Waals surface area (Å²) in [5.41, 5.74) is 3.31. The standard InChI is InChI=1S/C20H22F2N2O2/c1-13-3-4-15(14(2)11-13)7-9-23-19(25)8-10-24-20(26)17-6-5-16(21)12-18(17)22/h3-6,11-12H,7-10H2,1-2H3,(H,23,25)(H,24,26). The second-order valence-electron chi connectivity index (χ2n) is 6.16. The quantitative estimate of drug-likeness (QED) is 0.797. The van der Waals surface area contributed by atoms with Gasteiger partial charge in [-0.2, -0.15) is 0 Å². The number of carbonyl (C=O) groups excluding carboxylic acids is 2. The van der Waals surface area contributed by atoms with Crippen molar-refractivity contribution < 1.29 is 18.4 Å². The van der Waals surface area contributed by atoms with Gasteiger partial charge in [0.25, 0.3) is 5.91 Å². The number of benzene rings is 2. The van der Waals surface area contributed by atoms with Crippen molar-refractivity contribution in [2.45, 2.75) is 26.7 Å². The SMILES string of the molecule is Cc1ccc(CCNC(=O)CCNC(=O)c2ccc(F)cc2F)c(C)c1. The maximum absolute atomic E-state index is 13.5. The zero-order valence-corrected chi connectivity index (χ0v) is 14.9. The largest absolute Gasteiger partial charge is 0.356 e. The summed E-state index contributed by atoms with van der Waals surface area (Å²) in [6.07, 6.45) is 0.812. The van der Waals surface area contributed by atoms with Crippen LogP contribution in [-0.4, -0.2) is 24.9 Å². The van der Waals surface area contributed by atoms with Gasteiger partial charge in [0.2, 0.25) is 5.91 Å². The second-order valence-corrected chi connectivity index (χ2v) is 6.16. The van der Waals surface area contributed by atoms with Crippen LogP contribution >= 0.6 is 0 Å². The van der Waals surface area contributed by atoms with E-state index in [1.165, 1.54) is 16.7 Å². The lowest BCUT2D eigenvalue weighted by Crippen LogP contribution is -2.32. The van der Waals surface area contributed by atoms with Crippen molar-refractivity contribution in [2.75, 3.05) is 13.1 Å². The highest BCUT2D eigenvalue weighted by atomic mass is 19.1. The highest BCUT2D eigenvalue weighted by molar-refractivity contribution is 5.94. The molecule has 0 aliphatic carbocycles. The van der Waals surface area contributed by atoms with Crippen molar-refractivity contribution in [1.82, 2.24) is 10.6 Å². The van der Waals surface area contributed by atoms with E-state index < -0.39 is 17.5 Å². The molecule has 0 aliphatic rings. The van der Waals surface area contributed by atoms with Crippen LogP contribution in [0.15, 0.2) is 36.4 Å². The van der Waals surface area contributed by atoms with Crippen LogP contribution in [0.4, 0.5) is 8.78 Å². The van der Waals surface area contributed by atoms with Crippen molar-refractivity contribution >= 4 is 11.8 Å². The lowest BCUT2D eigenvalue weighted by molar-refractivity contribution is -0.120. The van der Waals surface area contributed by atoms with E-state index in [-0.39, 0.29) is 24.4 Å². The molecule has 0 unspecified atom stereocenters. The van der Waals surface area contributed by atoms with E-state index in [9.17, 15) is 18.4 Å². The fourth-order valence-corrected chi connectivity index (χ4v) is 2.61. The van der Waals surface area contributed by atoms with Crippen LogP contribution in [0.5, 0.6) is 0 Å². The predicted octanol–water partition coefficient (Wildman–Crippen LogP) is 3.06. The molecule has 6 heteroatoms. The smallest absolute Gasteiger partial charge is 0.254 e. The number of hydrogen-bond acceptors (Lipinski definition) is 2. The van der Waals surface area contributed by atoms with Gasteiger partial charge in [-0.1, -0.05) is 23.8 Å². The van der Waals surface area contributed by atoms with Gasteiger partial charge in [0.05, 0.1) is 5.56 Å². The van der Waals surface area contributed by atoms with Gasteiger partial charge in [-0.3, -0.25) is 9.59 Å². The molecule has 0 aromatic heterocycles. The van der Waals surface area contributed by atoms with E-state index in [0.717, 1.165) is 18.6 Å². The zero-order valence-electron chi connectivity index (χ0n) is 14.9. The van der Waals surface area contributed by atoms with Crippen LogP contribution in [0.25, 0.3) is 0 Å². The Hall–Kier alpha value is -2.76. The van der Waals surface area contributed by atoms with Gasteiger partial charge in [0.1, 0.15) is 11.6 Å². The lowest BCUT2D eigenvalue weighted by Gasteiger charge is -2.09. The van der Waals surface area contributed by atoms with Crippen molar-refractivity contribution in [3.8, 4) is 0 Å². The predicted molar refractivity (Wildman–Crippen MR) is 95.9 cm³/mol. The van der Waals surface area contributed by atoms with Crippen LogP contribution in [0.3, 0.4) is 0 Å². The Morgan fingerprint density at radius 1 is 0.962 bits per heavy atom. The highest BCUT2D eigenvalue weighted by Gasteiger charge is 2.12. The number of aryl methyl sites for hydroxylation is 2. The average Bonchev–Trinajstić information content (AvgIpc) is 2.56. The van der Waals surface area contributed by atoms with E-state index in [2.05, 4.69) is 16.7 Å². The molecule has 0 atom stereocenters. The molecule has 2 aromatic rings. The normalized spacial score (nSPS) is 10.5. The minimum atomic E-state index is -0.930. The highest BCUT2D eigenvalue weighted by Crippen LogP contribution is 2.11. The Bertz CT molecular complexity index is 806. The third kappa shape index (κ3) is 5.65. The molecule has 2 rings (SSSR count). The molecule has 2 amide bonds. The number of carbonyl (C=O) groups is 2. The van der Waals surface area contributed by atoms with Crippen molar-refractivity contribution in [2.24, 2.45) is 0 Å². The Kier molecular flexibility index (Phi) is 6.83. The molecule has 0 spiro atoms. The first-order valence-electron chi connectivity index (χ1n) is 8.43. The molecule has 0 bridgehead atoms. The third-order valence-electron chi connectivity index (χ3n) is 4.03. The summed E-state index contributed by atoms with van der Waals surface area (Å²) in [6.45, 7) is 4.65. The maximum atomic E-state index is 13.5. The first kappa shape index (κ1) is 19.6. The average molecular weight is 360 g/mol. The minimum Gasteiger partial charge on any atom is -0.356 e. The first-order valence-corrected chi connectivity index (χ1v) is 8.43. The molecule has 4 nitrogen and oxygen atoms in total. The summed E-state index contributed by atoms with van der Waals surface area (Å²) in [5.74, 6) is -2.55. The molecule has 2 aromatic carbocycles. The van der Waals surface area contributed by atoms with Crippen LogP contribution in [0.2, 0.25) is 0 Å². The summed E-state index contributed by atoms with van der Waals surface area (Å²) < 4.78 is 26.3. The van der Waals surface area contributed by atoms with E-state index in [4.69, 9.17) is 0 Å². The zero-order chi connectivity index (χ0) is 19.1. The molecule has 0 saturated carbocycles. The van der Waals surface area contributed by atoms with Gasteiger partial charge in [0.15, 0.2) is 0 Å². The number of nitrogens with one attached hydrogen (secondary N) is 2. The van der Waals surface area contributed by atoms with E-state index in [1.54, 1.807) is 0 Å². The summed E-state index contributed by atoms with van der Waals surface area (Å²) in [7, 11) is 0. The topological polar surface area (TPSA) is 58.2 Å². The van der Waals surface area contributed by atoms with Gasteiger partial charge in [-0.05, 0) is 43.5 Å². The molecule has 0 heterocycles. The molecule has 2 N–H and O–H groups in total. The molecule has 0 fully saturated rings. The second kappa shape index (κ2) is 9.08. The monoisotopic (exact) mass is 360 g/mol. The van der Waals surface area contributed by atoms with Crippen molar-refractivity contribution in [1.29, 1.82) is 0 Å². The Labute approximate surface area is 151 Å². The van der Waals surface area contributed by atoms with E-state index >= 15 is 0 Å². The van der Waals surface area contributed by atoms with Crippen LogP contribution in [0, 0.1) is 25.5 Å². The van der Waals surface area contributed by atoms with Crippen LogP contribution in [0.1, 0.15) is 33.5 Å². The Morgan fingerprint density at radius 2 is 1.73 bits per heavy atom.